The number of hydrogen-bond acceptors (Lipinski definition) is 5. The molecule has 108 valence electrons. The van der Waals surface area contributed by atoms with Gasteiger partial charge in [0.1, 0.15) is 11.7 Å². The number of hydrogen-bond donors (Lipinski definition) is 3. The minimum atomic E-state index is -1.49. The Morgan fingerprint density at radius 2 is 2.00 bits per heavy atom. The van der Waals surface area contributed by atoms with E-state index in [1.165, 1.54) is 12.2 Å². The largest absolute Gasteiger partial charge is 0.458 e. The number of aliphatic hydroxyl groups excluding tert-OH is 1. The van der Waals surface area contributed by atoms with Crippen LogP contribution in [0.1, 0.15) is 13.3 Å². The number of carbonyl (C=O) groups is 1. The predicted molar refractivity (Wildman–Crippen MR) is 70.5 cm³/mol. The summed E-state index contributed by atoms with van der Waals surface area (Å²) in [5, 5.41) is 31.7. The van der Waals surface area contributed by atoms with E-state index in [1.807, 2.05) is 0 Å². The summed E-state index contributed by atoms with van der Waals surface area (Å²) in [6, 6.07) is 0. The highest BCUT2D eigenvalue weighted by atomic mass is 16.6. The molecule has 5 nitrogen and oxygen atoms in total. The zero-order valence-corrected chi connectivity index (χ0v) is 11.2. The summed E-state index contributed by atoms with van der Waals surface area (Å²) >= 11 is 0. The van der Waals surface area contributed by atoms with E-state index >= 15 is 0 Å². The summed E-state index contributed by atoms with van der Waals surface area (Å²) in [6.45, 7) is 9.05. The Hall–Kier alpha value is -1.43. The molecule has 5 heteroatoms. The quantitative estimate of drug-likeness (QED) is 0.332. The van der Waals surface area contributed by atoms with E-state index in [1.54, 1.807) is 6.92 Å². The lowest BCUT2D eigenvalue weighted by Crippen LogP contribution is -2.51. The van der Waals surface area contributed by atoms with Crippen LogP contribution in [0, 0.1) is 11.8 Å². The summed E-state index contributed by atoms with van der Waals surface area (Å²) < 4.78 is 5.29. The first-order chi connectivity index (χ1) is 9.18. The molecule has 3 N–H and O–H groups in total. The van der Waals surface area contributed by atoms with E-state index in [2.05, 4.69) is 13.2 Å². The van der Waals surface area contributed by atoms with Crippen LogP contribution in [0.4, 0.5) is 0 Å². The zero-order chi connectivity index (χ0) is 14.9. The van der Waals surface area contributed by atoms with Gasteiger partial charge < -0.3 is 20.1 Å². The molecule has 0 aromatic heterocycles. The SMILES string of the molecule is C=C1C(=O)O[C@H]2C1[C@@H](O)CC(=C)[C@]1(O)C=C[C@@](C)(O)[C@H]21. The molecule has 3 aliphatic rings. The van der Waals surface area contributed by atoms with Gasteiger partial charge in [-0.1, -0.05) is 19.2 Å². The molecule has 1 unspecified atom stereocenters. The minimum Gasteiger partial charge on any atom is -0.458 e. The van der Waals surface area contributed by atoms with Gasteiger partial charge in [-0.25, -0.2) is 4.79 Å². The van der Waals surface area contributed by atoms with Crippen molar-refractivity contribution in [1.29, 1.82) is 0 Å². The molecule has 0 aromatic carbocycles. The van der Waals surface area contributed by atoms with Gasteiger partial charge in [0.2, 0.25) is 0 Å². The number of fused-ring (bicyclic) bond motifs is 3. The van der Waals surface area contributed by atoms with E-state index in [0.29, 0.717) is 5.57 Å². The molecule has 1 aliphatic heterocycles. The average Bonchev–Trinajstić information content (AvgIpc) is 2.72. The van der Waals surface area contributed by atoms with E-state index < -0.39 is 41.2 Å². The highest BCUT2D eigenvalue weighted by Crippen LogP contribution is 2.53. The molecule has 1 heterocycles. The van der Waals surface area contributed by atoms with Crippen molar-refractivity contribution in [3.63, 3.8) is 0 Å². The van der Waals surface area contributed by atoms with Crippen LogP contribution in [0.25, 0.3) is 0 Å². The van der Waals surface area contributed by atoms with Crippen molar-refractivity contribution < 1.29 is 24.9 Å². The molecular formula is C15H18O5. The maximum absolute atomic E-state index is 11.7. The molecule has 0 bridgehead atoms. The highest BCUT2D eigenvalue weighted by molar-refractivity contribution is 5.91. The van der Waals surface area contributed by atoms with Crippen LogP contribution in [0.15, 0.2) is 36.5 Å². The van der Waals surface area contributed by atoms with E-state index in [4.69, 9.17) is 4.74 Å². The van der Waals surface area contributed by atoms with Gasteiger partial charge in [0.25, 0.3) is 0 Å². The molecule has 6 atom stereocenters. The van der Waals surface area contributed by atoms with Crippen LogP contribution in [0.5, 0.6) is 0 Å². The van der Waals surface area contributed by atoms with Gasteiger partial charge in [0, 0.05) is 5.57 Å². The Bertz CT molecular complexity index is 546. The summed E-state index contributed by atoms with van der Waals surface area (Å²) in [6.07, 6.45) is 1.37. The molecule has 1 saturated carbocycles. The third-order valence-electron chi connectivity index (χ3n) is 4.81. The number of aliphatic hydroxyl groups is 3. The Balaban J connectivity index is 2.15. The zero-order valence-electron chi connectivity index (χ0n) is 11.2. The minimum absolute atomic E-state index is 0.129. The maximum atomic E-state index is 11.7. The third kappa shape index (κ3) is 1.51. The van der Waals surface area contributed by atoms with Crippen molar-refractivity contribution in [3.8, 4) is 0 Å². The summed E-state index contributed by atoms with van der Waals surface area (Å²) in [5.41, 5.74) is -2.26. The van der Waals surface area contributed by atoms with Crippen molar-refractivity contribution in [2.24, 2.45) is 11.8 Å². The summed E-state index contributed by atoms with van der Waals surface area (Å²) in [7, 11) is 0. The molecule has 2 aliphatic carbocycles. The van der Waals surface area contributed by atoms with Gasteiger partial charge in [-0.2, -0.15) is 0 Å². The van der Waals surface area contributed by atoms with Crippen LogP contribution in [0.3, 0.4) is 0 Å². The standard InChI is InChI=1S/C15H18O5/c1-7-6-9(16)10-8(2)13(17)20-11(10)12-14(3,18)4-5-15(7,12)19/h4-5,9-12,16,18-19H,1-2,6H2,3H3/t9-,10?,11-,12-,14+,15+/m0/s1. The van der Waals surface area contributed by atoms with Gasteiger partial charge in [-0.3, -0.25) is 0 Å². The molecule has 1 saturated heterocycles. The second-order valence-electron chi connectivity index (χ2n) is 6.16. The third-order valence-corrected chi connectivity index (χ3v) is 4.81. The van der Waals surface area contributed by atoms with Crippen molar-refractivity contribution in [3.05, 3.63) is 36.5 Å². The molecular weight excluding hydrogens is 260 g/mol. The van der Waals surface area contributed by atoms with Gasteiger partial charge in [-0.15, -0.1) is 0 Å². The lowest BCUT2D eigenvalue weighted by molar-refractivity contribution is -0.152. The van der Waals surface area contributed by atoms with E-state index in [0.717, 1.165) is 0 Å². The fraction of sp³-hybridized carbons (Fsp3) is 0.533. The maximum Gasteiger partial charge on any atom is 0.334 e. The smallest absolute Gasteiger partial charge is 0.334 e. The fourth-order valence-electron chi connectivity index (χ4n) is 3.75. The molecule has 2 fully saturated rings. The summed E-state index contributed by atoms with van der Waals surface area (Å²) in [4.78, 5) is 11.7. The predicted octanol–water partition coefficient (Wildman–Crippen LogP) is 0.0731. The number of carbonyl (C=O) groups excluding carboxylic acids is 1. The topological polar surface area (TPSA) is 87.0 Å². The van der Waals surface area contributed by atoms with Crippen molar-refractivity contribution in [1.82, 2.24) is 0 Å². The van der Waals surface area contributed by atoms with Crippen LogP contribution in [-0.4, -0.2) is 44.7 Å². The lowest BCUT2D eigenvalue weighted by atomic mass is 9.73. The van der Waals surface area contributed by atoms with Gasteiger partial charge in [-0.05, 0) is 25.0 Å². The van der Waals surface area contributed by atoms with E-state index in [-0.39, 0.29) is 12.0 Å². The average molecular weight is 278 g/mol. The molecule has 0 radical (unpaired) electrons. The number of rotatable bonds is 0. The normalized spacial score (nSPS) is 50.7. The molecule has 0 aromatic rings. The van der Waals surface area contributed by atoms with Gasteiger partial charge in [0.05, 0.1) is 23.5 Å². The Morgan fingerprint density at radius 3 is 2.65 bits per heavy atom. The Morgan fingerprint density at radius 1 is 1.35 bits per heavy atom. The summed E-state index contributed by atoms with van der Waals surface area (Å²) in [5.74, 6) is -2.02. The van der Waals surface area contributed by atoms with Crippen LogP contribution in [-0.2, 0) is 9.53 Å². The number of ether oxygens (including phenoxy) is 1. The van der Waals surface area contributed by atoms with Crippen LogP contribution in [0.2, 0.25) is 0 Å². The molecule has 20 heavy (non-hydrogen) atoms. The first-order valence-corrected chi connectivity index (χ1v) is 6.59. The van der Waals surface area contributed by atoms with Crippen molar-refractivity contribution >= 4 is 5.97 Å². The van der Waals surface area contributed by atoms with Gasteiger partial charge >= 0.3 is 5.97 Å². The second kappa shape index (κ2) is 3.81. The van der Waals surface area contributed by atoms with Crippen LogP contribution < -0.4 is 0 Å². The fourth-order valence-corrected chi connectivity index (χ4v) is 3.75. The number of esters is 1. The Labute approximate surface area is 116 Å². The van der Waals surface area contributed by atoms with Crippen LogP contribution >= 0.6 is 0 Å². The van der Waals surface area contributed by atoms with E-state index in [9.17, 15) is 20.1 Å². The lowest BCUT2D eigenvalue weighted by Gasteiger charge is -2.38. The first-order valence-electron chi connectivity index (χ1n) is 6.59. The highest BCUT2D eigenvalue weighted by Gasteiger charge is 2.63. The molecule has 0 amide bonds. The second-order valence-corrected chi connectivity index (χ2v) is 6.16. The van der Waals surface area contributed by atoms with Crippen molar-refractivity contribution in [2.75, 3.05) is 0 Å². The Kier molecular flexibility index (Phi) is 2.58. The molecule has 3 rings (SSSR count). The molecule has 0 spiro atoms. The van der Waals surface area contributed by atoms with Gasteiger partial charge in [0.15, 0.2) is 0 Å². The monoisotopic (exact) mass is 278 g/mol. The van der Waals surface area contributed by atoms with Crippen molar-refractivity contribution in [2.45, 2.75) is 36.8 Å². The first kappa shape index (κ1) is 13.5.